The van der Waals surface area contributed by atoms with Gasteiger partial charge >= 0.3 is 0 Å². The van der Waals surface area contributed by atoms with E-state index in [4.69, 9.17) is 4.52 Å². The number of nitrogens with one attached hydrogen (secondary N) is 2. The summed E-state index contributed by atoms with van der Waals surface area (Å²) >= 11 is 3.55. The minimum absolute atomic E-state index is 0.212. The molecular formula is C16H20BrN5O. The standard InChI is InChI=1S/C16H20BrN5O/c1-11-21-14(22-23-11)9-19-15(18-2)20-10-16(6-7-16)12-4-3-5-13(17)8-12/h3-5,8H,6-7,9-10H2,1-2H3,(H2,18,19,20). The molecule has 0 amide bonds. The molecule has 0 saturated heterocycles. The normalized spacial score (nSPS) is 16.2. The highest BCUT2D eigenvalue weighted by atomic mass is 79.9. The van der Waals surface area contributed by atoms with E-state index in [9.17, 15) is 0 Å². The fraction of sp³-hybridized carbons (Fsp3) is 0.438. The van der Waals surface area contributed by atoms with Gasteiger partial charge in [-0.2, -0.15) is 4.98 Å². The van der Waals surface area contributed by atoms with Crippen molar-refractivity contribution >= 4 is 21.9 Å². The summed E-state index contributed by atoms with van der Waals surface area (Å²) in [6.45, 7) is 3.12. The smallest absolute Gasteiger partial charge is 0.223 e. The van der Waals surface area contributed by atoms with Crippen molar-refractivity contribution in [2.24, 2.45) is 4.99 Å². The van der Waals surface area contributed by atoms with Gasteiger partial charge in [0, 0.05) is 30.4 Å². The van der Waals surface area contributed by atoms with Crippen LogP contribution in [0.15, 0.2) is 38.3 Å². The zero-order chi connectivity index (χ0) is 16.3. The quantitative estimate of drug-likeness (QED) is 0.618. The van der Waals surface area contributed by atoms with Crippen LogP contribution in [0, 0.1) is 6.92 Å². The van der Waals surface area contributed by atoms with Gasteiger partial charge < -0.3 is 15.2 Å². The molecular weight excluding hydrogens is 358 g/mol. The van der Waals surface area contributed by atoms with Crippen LogP contribution in [-0.4, -0.2) is 29.7 Å². The molecule has 1 aromatic heterocycles. The minimum atomic E-state index is 0.212. The fourth-order valence-corrected chi connectivity index (χ4v) is 2.99. The molecule has 3 rings (SSSR count). The van der Waals surface area contributed by atoms with Gasteiger partial charge in [-0.15, -0.1) is 0 Å². The average Bonchev–Trinajstić information content (AvgIpc) is 3.23. The van der Waals surface area contributed by atoms with E-state index in [2.05, 4.69) is 66.0 Å². The van der Waals surface area contributed by atoms with E-state index in [0.29, 0.717) is 18.3 Å². The Morgan fingerprint density at radius 1 is 1.39 bits per heavy atom. The van der Waals surface area contributed by atoms with Gasteiger partial charge in [-0.25, -0.2) is 0 Å². The van der Waals surface area contributed by atoms with Crippen LogP contribution in [0.1, 0.15) is 30.1 Å². The molecule has 1 saturated carbocycles. The molecule has 0 aliphatic heterocycles. The van der Waals surface area contributed by atoms with Gasteiger partial charge in [0.15, 0.2) is 11.8 Å². The van der Waals surface area contributed by atoms with E-state index in [-0.39, 0.29) is 5.41 Å². The summed E-state index contributed by atoms with van der Waals surface area (Å²) < 4.78 is 6.08. The first-order valence-corrected chi connectivity index (χ1v) is 8.40. The number of guanidine groups is 1. The van der Waals surface area contributed by atoms with Gasteiger partial charge in [0.1, 0.15) is 0 Å². The van der Waals surface area contributed by atoms with E-state index in [1.165, 1.54) is 18.4 Å². The summed E-state index contributed by atoms with van der Waals surface area (Å²) in [4.78, 5) is 8.42. The molecule has 1 fully saturated rings. The molecule has 1 heterocycles. The number of rotatable bonds is 5. The third-order valence-electron chi connectivity index (χ3n) is 4.09. The Bertz CT molecular complexity index is 708. The van der Waals surface area contributed by atoms with Crippen LogP contribution in [-0.2, 0) is 12.0 Å². The third kappa shape index (κ3) is 3.90. The maximum absolute atomic E-state index is 4.96. The molecule has 23 heavy (non-hydrogen) atoms. The topological polar surface area (TPSA) is 75.3 Å². The van der Waals surface area contributed by atoms with Gasteiger partial charge in [0.2, 0.25) is 5.89 Å². The highest BCUT2D eigenvalue weighted by Gasteiger charge is 2.44. The Morgan fingerprint density at radius 3 is 2.83 bits per heavy atom. The van der Waals surface area contributed by atoms with Crippen molar-refractivity contribution in [1.29, 1.82) is 0 Å². The van der Waals surface area contributed by atoms with E-state index in [1.54, 1.807) is 14.0 Å². The van der Waals surface area contributed by atoms with Gasteiger partial charge in [-0.1, -0.05) is 33.2 Å². The Morgan fingerprint density at radius 2 is 2.22 bits per heavy atom. The van der Waals surface area contributed by atoms with Crippen LogP contribution in [0.3, 0.4) is 0 Å². The molecule has 1 aliphatic carbocycles. The summed E-state index contributed by atoms with van der Waals surface area (Å²) in [5, 5.41) is 10.5. The number of benzene rings is 1. The van der Waals surface area contributed by atoms with Gasteiger partial charge in [-0.05, 0) is 30.5 Å². The van der Waals surface area contributed by atoms with E-state index in [1.807, 2.05) is 0 Å². The van der Waals surface area contributed by atoms with Crippen LogP contribution in [0.25, 0.3) is 0 Å². The highest BCUT2D eigenvalue weighted by molar-refractivity contribution is 9.10. The number of nitrogens with zero attached hydrogens (tertiary/aromatic N) is 3. The lowest BCUT2D eigenvalue weighted by molar-refractivity contribution is 0.386. The molecule has 0 unspecified atom stereocenters. The maximum atomic E-state index is 4.96. The molecule has 0 bridgehead atoms. The van der Waals surface area contributed by atoms with Crippen LogP contribution in [0.5, 0.6) is 0 Å². The molecule has 2 N–H and O–H groups in total. The van der Waals surface area contributed by atoms with Crippen molar-refractivity contribution in [2.45, 2.75) is 31.7 Å². The van der Waals surface area contributed by atoms with Crippen molar-refractivity contribution in [1.82, 2.24) is 20.8 Å². The second kappa shape index (κ2) is 6.70. The number of hydrogen-bond donors (Lipinski definition) is 2. The molecule has 0 spiro atoms. The zero-order valence-corrected chi connectivity index (χ0v) is 14.9. The molecule has 2 aromatic rings. The molecule has 122 valence electrons. The van der Waals surface area contributed by atoms with Gasteiger partial charge in [-0.3, -0.25) is 4.99 Å². The average molecular weight is 378 g/mol. The highest BCUT2D eigenvalue weighted by Crippen LogP contribution is 2.48. The Balaban J connectivity index is 1.56. The molecule has 1 aromatic carbocycles. The van der Waals surface area contributed by atoms with Gasteiger partial charge in [0.05, 0.1) is 6.54 Å². The summed E-state index contributed by atoms with van der Waals surface area (Å²) in [5.41, 5.74) is 1.58. The minimum Gasteiger partial charge on any atom is -0.356 e. The number of aliphatic imine (C=N–C) groups is 1. The molecule has 7 heteroatoms. The van der Waals surface area contributed by atoms with E-state index >= 15 is 0 Å². The summed E-state index contributed by atoms with van der Waals surface area (Å²) in [6, 6.07) is 8.54. The number of hydrogen-bond acceptors (Lipinski definition) is 4. The van der Waals surface area contributed by atoms with Crippen LogP contribution < -0.4 is 10.6 Å². The predicted molar refractivity (Wildman–Crippen MR) is 92.3 cm³/mol. The zero-order valence-electron chi connectivity index (χ0n) is 13.3. The molecule has 0 atom stereocenters. The summed E-state index contributed by atoms with van der Waals surface area (Å²) in [7, 11) is 1.76. The fourth-order valence-electron chi connectivity index (χ4n) is 2.59. The SMILES string of the molecule is CN=C(NCc1noc(C)n1)NCC1(c2cccc(Br)c2)CC1. The van der Waals surface area contributed by atoms with E-state index < -0.39 is 0 Å². The second-order valence-corrected chi connectivity index (χ2v) is 6.72. The molecule has 6 nitrogen and oxygen atoms in total. The van der Waals surface area contributed by atoms with Crippen molar-refractivity contribution in [3.63, 3.8) is 0 Å². The third-order valence-corrected chi connectivity index (χ3v) is 4.59. The van der Waals surface area contributed by atoms with Crippen molar-refractivity contribution in [3.05, 3.63) is 46.0 Å². The first kappa shape index (κ1) is 16.0. The first-order valence-electron chi connectivity index (χ1n) is 7.61. The Hall–Kier alpha value is -1.89. The number of aromatic nitrogens is 2. The van der Waals surface area contributed by atoms with Gasteiger partial charge in [0.25, 0.3) is 0 Å². The first-order chi connectivity index (χ1) is 11.1. The van der Waals surface area contributed by atoms with Crippen molar-refractivity contribution in [3.8, 4) is 0 Å². The summed E-state index contributed by atoms with van der Waals surface area (Å²) in [5.74, 6) is 1.93. The monoisotopic (exact) mass is 377 g/mol. The van der Waals surface area contributed by atoms with Crippen molar-refractivity contribution in [2.75, 3.05) is 13.6 Å². The largest absolute Gasteiger partial charge is 0.356 e. The van der Waals surface area contributed by atoms with Crippen LogP contribution in [0.2, 0.25) is 0 Å². The lowest BCUT2D eigenvalue weighted by Gasteiger charge is -2.19. The number of halogens is 1. The second-order valence-electron chi connectivity index (χ2n) is 5.80. The lowest BCUT2D eigenvalue weighted by atomic mass is 9.96. The van der Waals surface area contributed by atoms with Crippen LogP contribution >= 0.6 is 15.9 Å². The van der Waals surface area contributed by atoms with Crippen molar-refractivity contribution < 1.29 is 4.52 Å². The molecule has 0 radical (unpaired) electrons. The predicted octanol–water partition coefficient (Wildman–Crippen LogP) is 2.54. The summed E-state index contributed by atoms with van der Waals surface area (Å²) in [6.07, 6.45) is 2.38. The Kier molecular flexibility index (Phi) is 4.66. The molecule has 1 aliphatic rings. The Labute approximate surface area is 143 Å². The maximum Gasteiger partial charge on any atom is 0.223 e. The van der Waals surface area contributed by atoms with Crippen LogP contribution in [0.4, 0.5) is 0 Å². The van der Waals surface area contributed by atoms with E-state index in [0.717, 1.165) is 17.0 Å². The lowest BCUT2D eigenvalue weighted by Crippen LogP contribution is -2.41. The number of aryl methyl sites for hydroxylation is 1.